The average Bonchev–Trinajstić information content (AvgIpc) is 2.42. The van der Waals surface area contributed by atoms with Crippen LogP contribution in [0.3, 0.4) is 0 Å². The lowest BCUT2D eigenvalue weighted by Gasteiger charge is -2.08. The monoisotopic (exact) mass is 333 g/mol. The van der Waals surface area contributed by atoms with Crippen LogP contribution in [0.4, 0.5) is 11.5 Å². The number of nitrogens with zero attached hydrogens (tertiary/aromatic N) is 2. The first kappa shape index (κ1) is 12.4. The summed E-state index contributed by atoms with van der Waals surface area (Å²) in [6.45, 7) is 0. The molecule has 0 aliphatic rings. The van der Waals surface area contributed by atoms with E-state index >= 15 is 0 Å². The highest BCUT2D eigenvalue weighted by atomic mass is 79.9. The second-order valence-electron chi connectivity index (χ2n) is 4.02. The Hall–Kier alpha value is -1.65. The third kappa shape index (κ3) is 2.69. The van der Waals surface area contributed by atoms with Gasteiger partial charge in [-0.3, -0.25) is 4.98 Å². The molecular weight excluding hydrogens is 326 g/mol. The third-order valence-electron chi connectivity index (χ3n) is 2.67. The molecule has 2 aromatic heterocycles. The van der Waals surface area contributed by atoms with E-state index in [0.29, 0.717) is 10.8 Å². The zero-order chi connectivity index (χ0) is 13.2. The van der Waals surface area contributed by atoms with Gasteiger partial charge >= 0.3 is 0 Å². The fraction of sp³-hybridized carbons (Fsp3) is 0. The van der Waals surface area contributed by atoms with Gasteiger partial charge in [0.25, 0.3) is 0 Å². The molecule has 0 fully saturated rings. The molecule has 1 aromatic carbocycles. The van der Waals surface area contributed by atoms with Gasteiger partial charge in [0.15, 0.2) is 0 Å². The Morgan fingerprint density at radius 2 is 2.00 bits per heavy atom. The fourth-order valence-corrected chi connectivity index (χ4v) is 2.47. The summed E-state index contributed by atoms with van der Waals surface area (Å²) >= 11 is 9.46. The first-order valence-corrected chi connectivity index (χ1v) is 6.82. The Balaban J connectivity index is 1.96. The molecule has 0 unspecified atom stereocenters. The van der Waals surface area contributed by atoms with Crippen molar-refractivity contribution in [3.63, 3.8) is 0 Å². The molecule has 3 aromatic rings. The predicted molar refractivity (Wildman–Crippen MR) is 82.0 cm³/mol. The molecule has 0 radical (unpaired) electrons. The summed E-state index contributed by atoms with van der Waals surface area (Å²) in [5.74, 6) is 0.633. The normalized spacial score (nSPS) is 10.6. The second-order valence-corrected chi connectivity index (χ2v) is 5.34. The maximum absolute atomic E-state index is 6.13. The van der Waals surface area contributed by atoms with Crippen molar-refractivity contribution in [2.45, 2.75) is 0 Å². The fourth-order valence-electron chi connectivity index (χ4n) is 1.80. The summed E-state index contributed by atoms with van der Waals surface area (Å²) in [4.78, 5) is 8.53. The van der Waals surface area contributed by atoms with Crippen molar-refractivity contribution < 1.29 is 0 Å². The predicted octanol–water partition coefficient (Wildman–Crippen LogP) is 4.79. The molecule has 0 aliphatic heterocycles. The van der Waals surface area contributed by atoms with Gasteiger partial charge in [0.2, 0.25) is 0 Å². The molecule has 0 saturated heterocycles. The first-order valence-electron chi connectivity index (χ1n) is 5.65. The van der Waals surface area contributed by atoms with E-state index in [1.54, 1.807) is 18.5 Å². The van der Waals surface area contributed by atoms with Gasteiger partial charge in [-0.1, -0.05) is 17.7 Å². The van der Waals surface area contributed by atoms with Crippen LogP contribution >= 0.6 is 27.5 Å². The van der Waals surface area contributed by atoms with Crippen molar-refractivity contribution in [3.8, 4) is 0 Å². The highest BCUT2D eigenvalue weighted by Gasteiger charge is 2.04. The molecule has 0 spiro atoms. The van der Waals surface area contributed by atoms with Gasteiger partial charge in [-0.15, -0.1) is 0 Å². The number of rotatable bonds is 2. The topological polar surface area (TPSA) is 37.8 Å². The standard InChI is InChI=1S/C14H9BrClN3/c15-10-7-12(16)14(18-8-10)19-11-3-4-13-9(6-11)2-1-5-17-13/h1-8H,(H,18,19). The maximum atomic E-state index is 6.13. The Bertz CT molecular complexity index is 746. The van der Waals surface area contributed by atoms with Crippen LogP contribution in [0.15, 0.2) is 53.3 Å². The number of pyridine rings is 2. The summed E-state index contributed by atoms with van der Waals surface area (Å²) in [7, 11) is 0. The molecule has 2 heterocycles. The number of fused-ring (bicyclic) bond motifs is 1. The zero-order valence-electron chi connectivity index (χ0n) is 9.77. The number of nitrogens with one attached hydrogen (secondary N) is 1. The molecule has 0 atom stereocenters. The highest BCUT2D eigenvalue weighted by molar-refractivity contribution is 9.10. The largest absolute Gasteiger partial charge is 0.339 e. The summed E-state index contributed by atoms with van der Waals surface area (Å²) < 4.78 is 0.853. The summed E-state index contributed by atoms with van der Waals surface area (Å²) in [5, 5.41) is 4.84. The van der Waals surface area contributed by atoms with Gasteiger partial charge in [-0.2, -0.15) is 0 Å². The van der Waals surface area contributed by atoms with E-state index in [1.165, 1.54) is 0 Å². The lowest BCUT2D eigenvalue weighted by atomic mass is 10.2. The molecule has 5 heteroatoms. The zero-order valence-corrected chi connectivity index (χ0v) is 12.1. The second kappa shape index (κ2) is 5.15. The molecule has 19 heavy (non-hydrogen) atoms. The summed E-state index contributed by atoms with van der Waals surface area (Å²) in [6, 6.07) is 11.7. The maximum Gasteiger partial charge on any atom is 0.149 e. The molecule has 1 N–H and O–H groups in total. The van der Waals surface area contributed by atoms with Crippen LogP contribution < -0.4 is 5.32 Å². The minimum Gasteiger partial charge on any atom is -0.339 e. The van der Waals surface area contributed by atoms with Crippen molar-refractivity contribution in [2.75, 3.05) is 5.32 Å². The number of benzene rings is 1. The van der Waals surface area contributed by atoms with Crippen LogP contribution in [0, 0.1) is 0 Å². The Kier molecular flexibility index (Phi) is 3.36. The van der Waals surface area contributed by atoms with Crippen LogP contribution in [0.1, 0.15) is 0 Å². The van der Waals surface area contributed by atoms with Crippen molar-refractivity contribution in [2.24, 2.45) is 0 Å². The molecule has 0 bridgehead atoms. The van der Waals surface area contributed by atoms with Crippen molar-refractivity contribution >= 4 is 49.9 Å². The minimum atomic E-state index is 0.570. The van der Waals surface area contributed by atoms with E-state index in [-0.39, 0.29) is 0 Å². The van der Waals surface area contributed by atoms with Gasteiger partial charge in [0, 0.05) is 27.9 Å². The van der Waals surface area contributed by atoms with Crippen LogP contribution in [-0.4, -0.2) is 9.97 Å². The van der Waals surface area contributed by atoms with E-state index in [2.05, 4.69) is 31.2 Å². The number of halogens is 2. The molecular formula is C14H9BrClN3. The summed E-state index contributed by atoms with van der Waals surface area (Å²) in [6.07, 6.45) is 3.49. The van der Waals surface area contributed by atoms with Crippen LogP contribution in [0.5, 0.6) is 0 Å². The lowest BCUT2D eigenvalue weighted by molar-refractivity contribution is 1.29. The molecule has 0 amide bonds. The Morgan fingerprint density at radius 3 is 2.84 bits per heavy atom. The summed E-state index contributed by atoms with van der Waals surface area (Å²) in [5.41, 5.74) is 1.89. The minimum absolute atomic E-state index is 0.570. The SMILES string of the molecule is Clc1cc(Br)cnc1Nc1ccc2ncccc2c1. The van der Waals surface area contributed by atoms with E-state index < -0.39 is 0 Å². The van der Waals surface area contributed by atoms with E-state index in [9.17, 15) is 0 Å². The molecule has 0 aliphatic carbocycles. The van der Waals surface area contributed by atoms with E-state index in [4.69, 9.17) is 11.6 Å². The van der Waals surface area contributed by atoms with E-state index in [1.807, 2.05) is 30.3 Å². The molecule has 0 saturated carbocycles. The van der Waals surface area contributed by atoms with Gasteiger partial charge in [0.05, 0.1) is 10.5 Å². The number of hydrogen-bond acceptors (Lipinski definition) is 3. The van der Waals surface area contributed by atoms with Gasteiger partial charge in [-0.25, -0.2) is 4.98 Å². The van der Waals surface area contributed by atoms with Gasteiger partial charge < -0.3 is 5.32 Å². The quantitative estimate of drug-likeness (QED) is 0.732. The Labute approximate surface area is 123 Å². The van der Waals surface area contributed by atoms with Crippen molar-refractivity contribution in [1.82, 2.24) is 9.97 Å². The van der Waals surface area contributed by atoms with Crippen molar-refractivity contribution in [1.29, 1.82) is 0 Å². The molecule has 3 nitrogen and oxygen atoms in total. The lowest BCUT2D eigenvalue weighted by Crippen LogP contribution is -1.94. The van der Waals surface area contributed by atoms with Crippen LogP contribution in [0.25, 0.3) is 10.9 Å². The highest BCUT2D eigenvalue weighted by Crippen LogP contribution is 2.27. The Morgan fingerprint density at radius 1 is 1.11 bits per heavy atom. The third-order valence-corrected chi connectivity index (χ3v) is 3.40. The van der Waals surface area contributed by atoms with Crippen molar-refractivity contribution in [3.05, 3.63) is 58.3 Å². The van der Waals surface area contributed by atoms with Crippen LogP contribution in [0.2, 0.25) is 5.02 Å². The van der Waals surface area contributed by atoms with E-state index in [0.717, 1.165) is 21.1 Å². The molecule has 94 valence electrons. The first-order chi connectivity index (χ1) is 9.22. The van der Waals surface area contributed by atoms with Gasteiger partial charge in [0.1, 0.15) is 5.82 Å². The smallest absolute Gasteiger partial charge is 0.149 e. The number of aromatic nitrogens is 2. The average molecular weight is 335 g/mol. The number of anilines is 2. The van der Waals surface area contributed by atoms with Gasteiger partial charge in [-0.05, 0) is 46.3 Å². The number of hydrogen-bond donors (Lipinski definition) is 1. The molecule has 3 rings (SSSR count). The van der Waals surface area contributed by atoms with Crippen LogP contribution in [-0.2, 0) is 0 Å².